The maximum absolute atomic E-state index is 13.6. The molecule has 0 aliphatic heterocycles. The summed E-state index contributed by atoms with van der Waals surface area (Å²) in [5, 5.41) is 2.96. The summed E-state index contributed by atoms with van der Waals surface area (Å²) < 4.78 is 19.3. The number of hydrogen-bond acceptors (Lipinski definition) is 4. The van der Waals surface area contributed by atoms with Gasteiger partial charge in [0.2, 0.25) is 5.91 Å². The summed E-state index contributed by atoms with van der Waals surface area (Å²) in [5.74, 6) is -0.465. The first kappa shape index (κ1) is 25.6. The van der Waals surface area contributed by atoms with Gasteiger partial charge in [-0.1, -0.05) is 60.7 Å². The zero-order valence-electron chi connectivity index (χ0n) is 20.3. The van der Waals surface area contributed by atoms with Crippen molar-refractivity contribution in [1.29, 1.82) is 0 Å². The molecular formula is C30H28FN3O3. The number of nitrogens with zero attached hydrogens (tertiary/aromatic N) is 2. The van der Waals surface area contributed by atoms with Gasteiger partial charge < -0.3 is 15.0 Å². The minimum atomic E-state index is -0.818. The molecule has 0 saturated carbocycles. The number of halogens is 1. The second-order valence-corrected chi connectivity index (χ2v) is 8.53. The zero-order valence-corrected chi connectivity index (χ0v) is 20.3. The van der Waals surface area contributed by atoms with Crippen molar-refractivity contribution in [1.82, 2.24) is 15.2 Å². The minimum absolute atomic E-state index is 0.122. The van der Waals surface area contributed by atoms with Gasteiger partial charge in [-0.25, -0.2) is 4.39 Å². The summed E-state index contributed by atoms with van der Waals surface area (Å²) >= 11 is 0. The first-order chi connectivity index (χ1) is 18.1. The molecule has 4 rings (SSSR count). The maximum Gasteiger partial charge on any atom is 0.261 e. The summed E-state index contributed by atoms with van der Waals surface area (Å²) in [6.07, 6.45) is 3.63. The molecule has 1 aromatic heterocycles. The number of pyridine rings is 1. The van der Waals surface area contributed by atoms with Crippen molar-refractivity contribution in [3.63, 3.8) is 0 Å². The number of carbonyl (C=O) groups excluding carboxylic acids is 2. The molecular weight excluding hydrogens is 469 g/mol. The highest BCUT2D eigenvalue weighted by Crippen LogP contribution is 2.17. The second-order valence-electron chi connectivity index (χ2n) is 8.53. The standard InChI is InChI=1S/C30H28FN3O3/c31-26-13-11-25(12-14-26)21-34(29(35)22-37-27-9-5-2-6-10-27)28(19-23-7-3-1-4-8-23)30(36)33-20-24-15-17-32-18-16-24/h1-18,28H,19-22H2,(H,33,36)/t28-/m1/s1. The quantitative estimate of drug-likeness (QED) is 0.330. The van der Waals surface area contributed by atoms with Crippen molar-refractivity contribution in [2.75, 3.05) is 6.61 Å². The van der Waals surface area contributed by atoms with Crippen LogP contribution in [0.25, 0.3) is 0 Å². The molecule has 7 heteroatoms. The van der Waals surface area contributed by atoms with Crippen LogP contribution in [0.4, 0.5) is 4.39 Å². The minimum Gasteiger partial charge on any atom is -0.484 e. The van der Waals surface area contributed by atoms with Gasteiger partial charge in [-0.05, 0) is 53.1 Å². The van der Waals surface area contributed by atoms with Crippen LogP contribution in [-0.4, -0.2) is 34.3 Å². The fourth-order valence-electron chi connectivity index (χ4n) is 3.89. The van der Waals surface area contributed by atoms with Crippen LogP contribution in [0.5, 0.6) is 5.75 Å². The molecule has 0 spiro atoms. The van der Waals surface area contributed by atoms with E-state index in [1.54, 1.807) is 36.7 Å². The Morgan fingerprint density at radius 3 is 2.14 bits per heavy atom. The molecule has 0 fully saturated rings. The Kier molecular flexibility index (Phi) is 8.97. The number of ether oxygens (including phenoxy) is 1. The van der Waals surface area contributed by atoms with Gasteiger partial charge in [0.15, 0.2) is 6.61 Å². The van der Waals surface area contributed by atoms with E-state index in [-0.39, 0.29) is 30.8 Å². The van der Waals surface area contributed by atoms with E-state index in [9.17, 15) is 14.0 Å². The summed E-state index contributed by atoms with van der Waals surface area (Å²) in [4.78, 5) is 32.6. The van der Waals surface area contributed by atoms with Gasteiger partial charge in [-0.2, -0.15) is 0 Å². The van der Waals surface area contributed by atoms with E-state index in [2.05, 4.69) is 10.3 Å². The van der Waals surface area contributed by atoms with Gasteiger partial charge in [-0.15, -0.1) is 0 Å². The van der Waals surface area contributed by atoms with Crippen LogP contribution in [-0.2, 0) is 29.1 Å². The summed E-state index contributed by atoms with van der Waals surface area (Å²) in [7, 11) is 0. The number of carbonyl (C=O) groups is 2. The zero-order chi connectivity index (χ0) is 25.9. The third kappa shape index (κ3) is 7.73. The summed E-state index contributed by atoms with van der Waals surface area (Å²) in [6.45, 7) is 0.178. The van der Waals surface area contributed by atoms with Gasteiger partial charge >= 0.3 is 0 Å². The average molecular weight is 498 g/mol. The van der Waals surface area contributed by atoms with Crippen molar-refractivity contribution >= 4 is 11.8 Å². The number of benzene rings is 3. The molecule has 0 unspecified atom stereocenters. The van der Waals surface area contributed by atoms with E-state index in [4.69, 9.17) is 4.74 Å². The molecule has 3 aromatic carbocycles. The molecule has 0 aliphatic carbocycles. The molecule has 0 aliphatic rings. The molecule has 1 atom stereocenters. The largest absolute Gasteiger partial charge is 0.484 e. The summed E-state index contributed by atoms with van der Waals surface area (Å²) in [6, 6.07) is 27.3. The van der Waals surface area contributed by atoms with E-state index >= 15 is 0 Å². The van der Waals surface area contributed by atoms with E-state index < -0.39 is 6.04 Å². The number of aromatic nitrogens is 1. The molecule has 0 radical (unpaired) electrons. The number of hydrogen-bond donors (Lipinski definition) is 1. The van der Waals surface area contributed by atoms with Crippen molar-refractivity contribution in [3.8, 4) is 5.75 Å². The summed E-state index contributed by atoms with van der Waals surface area (Å²) in [5.41, 5.74) is 2.51. The molecule has 4 aromatic rings. The second kappa shape index (κ2) is 13.0. The Hall–Kier alpha value is -4.52. The van der Waals surface area contributed by atoms with Gasteiger partial charge in [0.1, 0.15) is 17.6 Å². The van der Waals surface area contributed by atoms with Crippen LogP contribution >= 0.6 is 0 Å². The number of amides is 2. The van der Waals surface area contributed by atoms with Crippen molar-refractivity contribution in [2.45, 2.75) is 25.6 Å². The molecule has 1 N–H and O–H groups in total. The first-order valence-corrected chi connectivity index (χ1v) is 12.0. The van der Waals surface area contributed by atoms with Gasteiger partial charge in [-0.3, -0.25) is 14.6 Å². The third-order valence-corrected chi connectivity index (χ3v) is 5.86. The van der Waals surface area contributed by atoms with Crippen LogP contribution < -0.4 is 10.1 Å². The highest BCUT2D eigenvalue weighted by atomic mass is 19.1. The molecule has 6 nitrogen and oxygen atoms in total. The molecule has 0 saturated heterocycles. The van der Waals surface area contributed by atoms with Gasteiger partial charge in [0.05, 0.1) is 0 Å². The molecule has 37 heavy (non-hydrogen) atoms. The molecule has 2 amide bonds. The predicted molar refractivity (Wildman–Crippen MR) is 139 cm³/mol. The Labute approximate surface area is 215 Å². The normalized spacial score (nSPS) is 11.4. The van der Waals surface area contributed by atoms with Crippen molar-refractivity contribution < 1.29 is 18.7 Å². The van der Waals surface area contributed by atoms with E-state index in [0.717, 1.165) is 11.1 Å². The van der Waals surface area contributed by atoms with Gasteiger partial charge in [0.25, 0.3) is 5.91 Å². The topological polar surface area (TPSA) is 71.5 Å². The smallest absolute Gasteiger partial charge is 0.261 e. The Balaban J connectivity index is 1.60. The fraction of sp³-hybridized carbons (Fsp3) is 0.167. The lowest BCUT2D eigenvalue weighted by atomic mass is 10.0. The average Bonchev–Trinajstić information content (AvgIpc) is 2.95. The lowest BCUT2D eigenvalue weighted by molar-refractivity contribution is -0.142. The lowest BCUT2D eigenvalue weighted by Gasteiger charge is -2.31. The monoisotopic (exact) mass is 497 g/mol. The lowest BCUT2D eigenvalue weighted by Crippen LogP contribution is -2.51. The van der Waals surface area contributed by atoms with E-state index in [1.165, 1.54) is 17.0 Å². The van der Waals surface area contributed by atoms with Crippen molar-refractivity contribution in [2.24, 2.45) is 0 Å². The van der Waals surface area contributed by atoms with Crippen LogP contribution in [0.2, 0.25) is 0 Å². The number of nitrogens with one attached hydrogen (secondary N) is 1. The molecule has 1 heterocycles. The Bertz CT molecular complexity index is 1270. The Morgan fingerprint density at radius 2 is 1.46 bits per heavy atom. The number of para-hydroxylation sites is 1. The highest BCUT2D eigenvalue weighted by molar-refractivity contribution is 5.88. The van der Waals surface area contributed by atoms with Crippen LogP contribution in [0, 0.1) is 5.82 Å². The highest BCUT2D eigenvalue weighted by Gasteiger charge is 2.30. The van der Waals surface area contributed by atoms with E-state index in [0.29, 0.717) is 24.3 Å². The van der Waals surface area contributed by atoms with Gasteiger partial charge in [0, 0.05) is 31.9 Å². The van der Waals surface area contributed by atoms with Crippen molar-refractivity contribution in [3.05, 3.63) is 132 Å². The Morgan fingerprint density at radius 1 is 0.811 bits per heavy atom. The number of rotatable bonds is 11. The fourth-order valence-corrected chi connectivity index (χ4v) is 3.89. The predicted octanol–water partition coefficient (Wildman–Crippen LogP) is 4.56. The van der Waals surface area contributed by atoms with Crippen LogP contribution in [0.3, 0.4) is 0 Å². The maximum atomic E-state index is 13.6. The van der Waals surface area contributed by atoms with E-state index in [1.807, 2.05) is 60.7 Å². The SMILES string of the molecule is O=C(NCc1ccncc1)[C@@H](Cc1ccccc1)N(Cc1ccc(F)cc1)C(=O)COc1ccccc1. The van der Waals surface area contributed by atoms with Crippen LogP contribution in [0.15, 0.2) is 109 Å². The molecule has 188 valence electrons. The van der Waals surface area contributed by atoms with Crippen LogP contribution in [0.1, 0.15) is 16.7 Å². The third-order valence-electron chi connectivity index (χ3n) is 5.86. The first-order valence-electron chi connectivity index (χ1n) is 12.0. The molecule has 0 bridgehead atoms.